The molecule has 0 bridgehead atoms. The molecule has 0 aliphatic rings. The molecule has 2 heteroatoms. The third kappa shape index (κ3) is 32.7. The zero-order chi connectivity index (χ0) is 27.8. The van der Waals surface area contributed by atoms with Crippen molar-refractivity contribution >= 4 is 5.97 Å². The molecular formula is C36H66O2. The van der Waals surface area contributed by atoms with Crippen LogP contribution >= 0.6 is 0 Å². The highest BCUT2D eigenvalue weighted by molar-refractivity contribution is 5.69. The van der Waals surface area contributed by atoms with Gasteiger partial charge in [-0.15, -0.1) is 0 Å². The van der Waals surface area contributed by atoms with Gasteiger partial charge < -0.3 is 4.74 Å². The molecule has 2 nitrogen and oxygen atoms in total. The molecule has 0 amide bonds. The molecule has 0 atom stereocenters. The SMILES string of the molecule is CC/C=C\C/C=C\C/C=C\CCCCCCCC(=O)OCCCCCCCCCCCCCCCC(C)C. The van der Waals surface area contributed by atoms with Crippen molar-refractivity contribution in [2.45, 2.75) is 175 Å². The summed E-state index contributed by atoms with van der Waals surface area (Å²) in [6, 6.07) is 0. The van der Waals surface area contributed by atoms with Gasteiger partial charge in [-0.3, -0.25) is 4.79 Å². The minimum absolute atomic E-state index is 0.00564. The van der Waals surface area contributed by atoms with Crippen LogP contribution in [0.5, 0.6) is 0 Å². The van der Waals surface area contributed by atoms with E-state index in [0.717, 1.165) is 44.4 Å². The van der Waals surface area contributed by atoms with Crippen LogP contribution in [0.2, 0.25) is 0 Å². The fourth-order valence-electron chi connectivity index (χ4n) is 4.75. The van der Waals surface area contributed by atoms with Gasteiger partial charge in [0.25, 0.3) is 0 Å². The van der Waals surface area contributed by atoms with Crippen molar-refractivity contribution in [2.24, 2.45) is 5.92 Å². The lowest BCUT2D eigenvalue weighted by molar-refractivity contribution is -0.143. The normalized spacial score (nSPS) is 12.1. The largest absolute Gasteiger partial charge is 0.466 e. The van der Waals surface area contributed by atoms with Gasteiger partial charge in [0.05, 0.1) is 6.61 Å². The van der Waals surface area contributed by atoms with Gasteiger partial charge in [0, 0.05) is 6.42 Å². The Balaban J connectivity index is 3.24. The van der Waals surface area contributed by atoms with Crippen LogP contribution in [0.15, 0.2) is 36.5 Å². The summed E-state index contributed by atoms with van der Waals surface area (Å²) >= 11 is 0. The first-order valence-electron chi connectivity index (χ1n) is 16.8. The predicted molar refractivity (Wildman–Crippen MR) is 170 cm³/mol. The van der Waals surface area contributed by atoms with E-state index in [2.05, 4.69) is 57.2 Å². The number of rotatable bonds is 29. The second-order valence-corrected chi connectivity index (χ2v) is 11.6. The second kappa shape index (κ2) is 31.9. The smallest absolute Gasteiger partial charge is 0.305 e. The zero-order valence-electron chi connectivity index (χ0n) is 26.0. The van der Waals surface area contributed by atoms with E-state index in [1.165, 1.54) is 109 Å². The molecule has 0 spiro atoms. The molecule has 0 unspecified atom stereocenters. The molecule has 0 aromatic heterocycles. The summed E-state index contributed by atoms with van der Waals surface area (Å²) in [4.78, 5) is 11.9. The average molecular weight is 531 g/mol. The molecule has 38 heavy (non-hydrogen) atoms. The molecule has 0 N–H and O–H groups in total. The monoisotopic (exact) mass is 531 g/mol. The van der Waals surface area contributed by atoms with Crippen molar-refractivity contribution in [2.75, 3.05) is 6.61 Å². The van der Waals surface area contributed by atoms with Crippen molar-refractivity contribution in [3.8, 4) is 0 Å². The molecule has 0 fully saturated rings. The number of unbranched alkanes of at least 4 members (excludes halogenated alkanes) is 17. The van der Waals surface area contributed by atoms with Gasteiger partial charge in [-0.1, -0.05) is 160 Å². The molecule has 0 aliphatic heterocycles. The standard InChI is InChI=1S/C36H66O2/c1-4-5-6-7-8-9-10-11-12-15-18-21-24-27-30-33-36(37)38-34-31-28-25-22-19-16-13-14-17-20-23-26-29-32-35(2)3/h5-6,8-9,11-12,35H,4,7,10,13-34H2,1-3H3/b6-5-,9-8-,12-11-. The summed E-state index contributed by atoms with van der Waals surface area (Å²) in [5.74, 6) is 0.876. The van der Waals surface area contributed by atoms with E-state index in [1.54, 1.807) is 0 Å². The van der Waals surface area contributed by atoms with E-state index < -0.39 is 0 Å². The number of ether oxygens (including phenoxy) is 1. The fraction of sp³-hybridized carbons (Fsp3) is 0.806. The number of esters is 1. The molecule has 0 radical (unpaired) electrons. The van der Waals surface area contributed by atoms with E-state index in [4.69, 9.17) is 4.74 Å². The van der Waals surface area contributed by atoms with Crippen molar-refractivity contribution < 1.29 is 9.53 Å². The number of hydrogen-bond acceptors (Lipinski definition) is 2. The van der Waals surface area contributed by atoms with Crippen molar-refractivity contribution in [3.63, 3.8) is 0 Å². The topological polar surface area (TPSA) is 26.3 Å². The van der Waals surface area contributed by atoms with Gasteiger partial charge in [0.15, 0.2) is 0 Å². The average Bonchev–Trinajstić information content (AvgIpc) is 2.90. The van der Waals surface area contributed by atoms with Crippen LogP contribution in [0.3, 0.4) is 0 Å². The van der Waals surface area contributed by atoms with Crippen LogP contribution in [-0.2, 0) is 9.53 Å². The lowest BCUT2D eigenvalue weighted by Gasteiger charge is -2.06. The van der Waals surface area contributed by atoms with Crippen LogP contribution in [0.25, 0.3) is 0 Å². The molecule has 0 saturated heterocycles. The van der Waals surface area contributed by atoms with E-state index in [-0.39, 0.29) is 5.97 Å². The first-order valence-corrected chi connectivity index (χ1v) is 16.8. The summed E-state index contributed by atoms with van der Waals surface area (Å²) in [6.45, 7) is 7.44. The zero-order valence-corrected chi connectivity index (χ0v) is 26.0. The summed E-state index contributed by atoms with van der Waals surface area (Å²) in [5, 5.41) is 0. The Morgan fingerprint density at radius 2 is 1.00 bits per heavy atom. The van der Waals surface area contributed by atoms with E-state index >= 15 is 0 Å². The fourth-order valence-corrected chi connectivity index (χ4v) is 4.75. The molecule has 0 rings (SSSR count). The van der Waals surface area contributed by atoms with Crippen LogP contribution in [0.4, 0.5) is 0 Å². The summed E-state index contributed by atoms with van der Waals surface area (Å²) < 4.78 is 5.42. The number of hydrogen-bond donors (Lipinski definition) is 0. The third-order valence-electron chi connectivity index (χ3n) is 7.22. The number of allylic oxidation sites excluding steroid dienone is 6. The Hall–Kier alpha value is -1.31. The van der Waals surface area contributed by atoms with Crippen LogP contribution in [0, 0.1) is 5.92 Å². The van der Waals surface area contributed by atoms with Crippen LogP contribution < -0.4 is 0 Å². The summed E-state index contributed by atoms with van der Waals surface area (Å²) in [5.41, 5.74) is 0. The number of carbonyl (C=O) groups is 1. The summed E-state index contributed by atoms with van der Waals surface area (Å²) in [6.07, 6.45) is 43.4. The maximum absolute atomic E-state index is 11.9. The maximum atomic E-state index is 11.9. The van der Waals surface area contributed by atoms with E-state index in [0.29, 0.717) is 13.0 Å². The van der Waals surface area contributed by atoms with Crippen LogP contribution in [0.1, 0.15) is 175 Å². The van der Waals surface area contributed by atoms with Crippen molar-refractivity contribution in [1.29, 1.82) is 0 Å². The molecule has 0 aliphatic carbocycles. The van der Waals surface area contributed by atoms with Gasteiger partial charge in [0.1, 0.15) is 0 Å². The summed E-state index contributed by atoms with van der Waals surface area (Å²) in [7, 11) is 0. The van der Waals surface area contributed by atoms with Gasteiger partial charge in [-0.05, 0) is 50.9 Å². The predicted octanol–water partition coefficient (Wildman–Crippen LogP) is 12.2. The van der Waals surface area contributed by atoms with E-state index in [1.807, 2.05) is 0 Å². The number of carbonyl (C=O) groups excluding carboxylic acids is 1. The minimum Gasteiger partial charge on any atom is -0.466 e. The molecule has 0 heterocycles. The quantitative estimate of drug-likeness (QED) is 0.0546. The van der Waals surface area contributed by atoms with Gasteiger partial charge in [-0.25, -0.2) is 0 Å². The lowest BCUT2D eigenvalue weighted by atomic mass is 10.0. The Labute approximate surface area is 239 Å². The Morgan fingerprint density at radius 1 is 0.553 bits per heavy atom. The first-order chi connectivity index (χ1) is 18.7. The Kier molecular flexibility index (Phi) is 30.8. The second-order valence-electron chi connectivity index (χ2n) is 11.6. The highest BCUT2D eigenvalue weighted by atomic mass is 16.5. The molecule has 0 aromatic rings. The lowest BCUT2D eigenvalue weighted by Crippen LogP contribution is -2.05. The Morgan fingerprint density at radius 3 is 1.55 bits per heavy atom. The molecule has 222 valence electrons. The highest BCUT2D eigenvalue weighted by Crippen LogP contribution is 2.14. The van der Waals surface area contributed by atoms with Gasteiger partial charge >= 0.3 is 5.97 Å². The molecular weight excluding hydrogens is 464 g/mol. The van der Waals surface area contributed by atoms with Gasteiger partial charge in [-0.2, -0.15) is 0 Å². The third-order valence-corrected chi connectivity index (χ3v) is 7.22. The minimum atomic E-state index is 0.00564. The van der Waals surface area contributed by atoms with Crippen molar-refractivity contribution in [1.82, 2.24) is 0 Å². The maximum Gasteiger partial charge on any atom is 0.305 e. The molecule has 0 saturated carbocycles. The van der Waals surface area contributed by atoms with Crippen LogP contribution in [-0.4, -0.2) is 12.6 Å². The first kappa shape index (κ1) is 36.7. The Bertz CT molecular complexity index is 558. The van der Waals surface area contributed by atoms with E-state index in [9.17, 15) is 4.79 Å². The van der Waals surface area contributed by atoms with Crippen molar-refractivity contribution in [3.05, 3.63) is 36.5 Å². The van der Waals surface area contributed by atoms with Gasteiger partial charge in [0.2, 0.25) is 0 Å². The molecule has 0 aromatic carbocycles. The highest BCUT2D eigenvalue weighted by Gasteiger charge is 2.02.